The Kier molecular flexibility index (Phi) is 2.00. The molecule has 0 spiro atoms. The smallest absolute Gasteiger partial charge is 0.115 e. The fourth-order valence-electron chi connectivity index (χ4n) is 0.909. The molecule has 0 unspecified atom stereocenters. The third-order valence-corrected chi connectivity index (χ3v) is 1.55. The fraction of sp³-hybridized carbons (Fsp3) is 0.250. The molecule has 1 nitrogen and oxygen atoms in total. The van der Waals surface area contributed by atoms with E-state index in [9.17, 15) is 0 Å². The van der Waals surface area contributed by atoms with E-state index in [-0.39, 0.29) is 0 Å². The Hall–Kier alpha value is -0.915. The zero-order valence-electron chi connectivity index (χ0n) is 5.96. The molecule has 2 radical (unpaired) electrons. The highest BCUT2D eigenvalue weighted by molar-refractivity contribution is 6.08. The van der Waals surface area contributed by atoms with Crippen molar-refractivity contribution in [3.63, 3.8) is 0 Å². The van der Waals surface area contributed by atoms with Crippen LogP contribution in [-0.2, 0) is 6.32 Å². The molecule has 1 rings (SSSR count). The number of hydrogen-bond donors (Lipinski definition) is 1. The van der Waals surface area contributed by atoms with Gasteiger partial charge in [0.05, 0.1) is 7.85 Å². The van der Waals surface area contributed by atoms with Crippen molar-refractivity contribution in [2.75, 3.05) is 0 Å². The zero-order valence-corrected chi connectivity index (χ0v) is 5.96. The predicted octanol–water partition coefficient (Wildman–Crippen LogP) is 1.37. The van der Waals surface area contributed by atoms with Crippen LogP contribution in [0.3, 0.4) is 0 Å². The van der Waals surface area contributed by atoms with E-state index < -0.39 is 0 Å². The van der Waals surface area contributed by atoms with E-state index in [1.165, 1.54) is 0 Å². The van der Waals surface area contributed by atoms with E-state index in [1.54, 1.807) is 12.1 Å². The van der Waals surface area contributed by atoms with Crippen LogP contribution in [0.15, 0.2) is 18.2 Å². The van der Waals surface area contributed by atoms with Crippen LogP contribution in [0.4, 0.5) is 0 Å². The number of aromatic hydroxyl groups is 1. The van der Waals surface area contributed by atoms with Gasteiger partial charge in [-0.2, -0.15) is 0 Å². The minimum Gasteiger partial charge on any atom is -0.508 e. The molecule has 0 bridgehead atoms. The van der Waals surface area contributed by atoms with Crippen molar-refractivity contribution in [3.05, 3.63) is 29.3 Å². The summed E-state index contributed by atoms with van der Waals surface area (Å²) in [5, 5.41) is 8.99. The third-order valence-electron chi connectivity index (χ3n) is 1.55. The van der Waals surface area contributed by atoms with Crippen molar-refractivity contribution in [1.82, 2.24) is 0 Å². The first kappa shape index (κ1) is 7.20. The fourth-order valence-corrected chi connectivity index (χ4v) is 0.909. The number of aryl methyl sites for hydroxylation is 1. The van der Waals surface area contributed by atoms with Crippen LogP contribution in [-0.4, -0.2) is 13.0 Å². The topological polar surface area (TPSA) is 20.2 Å². The van der Waals surface area contributed by atoms with Gasteiger partial charge in [-0.25, -0.2) is 0 Å². The largest absolute Gasteiger partial charge is 0.508 e. The predicted molar refractivity (Wildman–Crippen MR) is 42.3 cm³/mol. The lowest BCUT2D eigenvalue weighted by molar-refractivity contribution is 0.474. The summed E-state index contributed by atoms with van der Waals surface area (Å²) >= 11 is 0. The number of hydrogen-bond acceptors (Lipinski definition) is 1. The summed E-state index contributed by atoms with van der Waals surface area (Å²) in [7, 11) is 5.42. The standard InChI is InChI=1S/C8H9BO/c1-6-4-8(10)3-2-7(6)5-9/h2-4,10H,5H2,1H3. The molecule has 0 fully saturated rings. The highest BCUT2D eigenvalue weighted by Crippen LogP contribution is 2.14. The first-order valence-corrected chi connectivity index (χ1v) is 3.22. The monoisotopic (exact) mass is 132 g/mol. The van der Waals surface area contributed by atoms with Crippen molar-refractivity contribution in [1.29, 1.82) is 0 Å². The number of benzene rings is 1. The second-order valence-corrected chi connectivity index (χ2v) is 2.31. The molecular formula is C8H9BO. The molecule has 0 aromatic heterocycles. The van der Waals surface area contributed by atoms with Crippen LogP contribution in [0.2, 0.25) is 0 Å². The van der Waals surface area contributed by atoms with Gasteiger partial charge in [-0.3, -0.25) is 0 Å². The molecule has 10 heavy (non-hydrogen) atoms. The molecule has 0 aliphatic rings. The highest BCUT2D eigenvalue weighted by atomic mass is 16.3. The second-order valence-electron chi connectivity index (χ2n) is 2.31. The third kappa shape index (κ3) is 1.32. The molecule has 0 saturated heterocycles. The van der Waals surface area contributed by atoms with E-state index in [1.807, 2.05) is 13.0 Å². The maximum Gasteiger partial charge on any atom is 0.115 e. The normalized spacial score (nSPS) is 9.70. The maximum absolute atomic E-state index is 8.99. The highest BCUT2D eigenvalue weighted by Gasteiger charge is 1.94. The number of phenolic OH excluding ortho intramolecular Hbond substituents is 1. The van der Waals surface area contributed by atoms with Crippen molar-refractivity contribution in [2.45, 2.75) is 13.2 Å². The Balaban J connectivity index is 3.07. The molecule has 0 heterocycles. The molecule has 0 aliphatic heterocycles. The average molecular weight is 132 g/mol. The van der Waals surface area contributed by atoms with Crippen LogP contribution in [0.25, 0.3) is 0 Å². The molecule has 0 saturated carbocycles. The molecule has 0 atom stereocenters. The average Bonchev–Trinajstić information content (AvgIpc) is 1.88. The van der Waals surface area contributed by atoms with Crippen molar-refractivity contribution in [3.8, 4) is 5.75 Å². The SMILES string of the molecule is [B]Cc1ccc(O)cc1C. The van der Waals surface area contributed by atoms with Gasteiger partial charge in [-0.1, -0.05) is 17.9 Å². The molecule has 1 aromatic rings. The van der Waals surface area contributed by atoms with E-state index in [0.29, 0.717) is 12.1 Å². The molecule has 0 amide bonds. The van der Waals surface area contributed by atoms with Crippen LogP contribution in [0.5, 0.6) is 5.75 Å². The lowest BCUT2D eigenvalue weighted by atomic mass is 9.93. The summed E-state index contributed by atoms with van der Waals surface area (Å²) in [6.45, 7) is 1.93. The molecule has 0 aliphatic carbocycles. The first-order chi connectivity index (χ1) is 4.74. The van der Waals surface area contributed by atoms with Gasteiger partial charge >= 0.3 is 0 Å². The van der Waals surface area contributed by atoms with Crippen LogP contribution >= 0.6 is 0 Å². The number of phenols is 1. The zero-order chi connectivity index (χ0) is 7.56. The van der Waals surface area contributed by atoms with Crippen molar-refractivity contribution >= 4 is 7.85 Å². The Labute approximate surface area is 62.1 Å². The molecule has 2 heteroatoms. The van der Waals surface area contributed by atoms with Gasteiger partial charge in [-0.15, -0.1) is 0 Å². The second kappa shape index (κ2) is 2.78. The van der Waals surface area contributed by atoms with Crippen molar-refractivity contribution < 1.29 is 5.11 Å². The lowest BCUT2D eigenvalue weighted by Crippen LogP contribution is -1.87. The summed E-state index contributed by atoms with van der Waals surface area (Å²) < 4.78 is 0. The summed E-state index contributed by atoms with van der Waals surface area (Å²) in [4.78, 5) is 0. The van der Waals surface area contributed by atoms with Gasteiger partial charge in [0.1, 0.15) is 5.75 Å². The van der Waals surface area contributed by atoms with Crippen LogP contribution in [0, 0.1) is 6.92 Å². The quantitative estimate of drug-likeness (QED) is 0.572. The minimum absolute atomic E-state index is 0.301. The van der Waals surface area contributed by atoms with Gasteiger partial charge in [0.15, 0.2) is 0 Å². The number of rotatable bonds is 1. The van der Waals surface area contributed by atoms with Gasteiger partial charge in [0, 0.05) is 0 Å². The van der Waals surface area contributed by atoms with E-state index in [4.69, 9.17) is 13.0 Å². The van der Waals surface area contributed by atoms with E-state index in [2.05, 4.69) is 0 Å². The molecule has 1 aromatic carbocycles. The van der Waals surface area contributed by atoms with Gasteiger partial charge in [0.25, 0.3) is 0 Å². The van der Waals surface area contributed by atoms with Gasteiger partial charge in [0.2, 0.25) is 0 Å². The summed E-state index contributed by atoms with van der Waals surface area (Å²) in [5.41, 5.74) is 2.13. The van der Waals surface area contributed by atoms with E-state index >= 15 is 0 Å². The summed E-state index contributed by atoms with van der Waals surface area (Å²) in [5.74, 6) is 0.301. The summed E-state index contributed by atoms with van der Waals surface area (Å²) in [6, 6.07) is 5.20. The summed E-state index contributed by atoms with van der Waals surface area (Å²) in [6.07, 6.45) is 0.534. The molecule has 1 N–H and O–H groups in total. The lowest BCUT2D eigenvalue weighted by Gasteiger charge is -2.01. The Bertz CT molecular complexity index is 233. The van der Waals surface area contributed by atoms with Crippen molar-refractivity contribution in [2.24, 2.45) is 0 Å². The van der Waals surface area contributed by atoms with Gasteiger partial charge in [-0.05, 0) is 24.6 Å². The van der Waals surface area contributed by atoms with Gasteiger partial charge < -0.3 is 5.11 Å². The Morgan fingerprint density at radius 2 is 2.20 bits per heavy atom. The van der Waals surface area contributed by atoms with Crippen LogP contribution in [0.1, 0.15) is 11.1 Å². The Morgan fingerprint density at radius 1 is 1.50 bits per heavy atom. The maximum atomic E-state index is 8.99. The molecular weight excluding hydrogens is 123 g/mol. The first-order valence-electron chi connectivity index (χ1n) is 3.22. The Morgan fingerprint density at radius 3 is 2.70 bits per heavy atom. The molecule has 50 valence electrons. The van der Waals surface area contributed by atoms with Crippen LogP contribution < -0.4 is 0 Å². The minimum atomic E-state index is 0.301. The van der Waals surface area contributed by atoms with E-state index in [0.717, 1.165) is 11.1 Å².